The van der Waals surface area contributed by atoms with E-state index in [1.54, 1.807) is 6.26 Å². The van der Waals surface area contributed by atoms with Crippen LogP contribution >= 0.6 is 21.0 Å². The molecule has 1 unspecified atom stereocenters. The molecular formula is C11H13F2O2PS. The van der Waals surface area contributed by atoms with Crippen LogP contribution in [-0.2, 0) is 5.66 Å². The van der Waals surface area contributed by atoms with Crippen molar-refractivity contribution in [1.82, 2.24) is 0 Å². The SMILES string of the molecule is COc1cc(C(F)(F)P)cc(SC)c1C(C)=O. The lowest BCUT2D eigenvalue weighted by atomic mass is 10.1. The van der Waals surface area contributed by atoms with Crippen molar-refractivity contribution >= 4 is 26.8 Å². The molecule has 0 radical (unpaired) electrons. The molecule has 0 aliphatic rings. The van der Waals surface area contributed by atoms with Crippen LogP contribution in [0, 0.1) is 0 Å². The molecular weight excluding hydrogens is 265 g/mol. The molecule has 0 aromatic heterocycles. The molecule has 0 aliphatic carbocycles. The number of thioether (sulfide) groups is 1. The van der Waals surface area contributed by atoms with E-state index in [0.29, 0.717) is 10.5 Å². The smallest absolute Gasteiger partial charge is 0.284 e. The predicted octanol–water partition coefficient (Wildman–Crippen LogP) is 3.54. The van der Waals surface area contributed by atoms with E-state index < -0.39 is 5.66 Å². The Morgan fingerprint density at radius 2 is 2.06 bits per heavy atom. The Balaban J connectivity index is 3.50. The first-order valence-electron chi connectivity index (χ1n) is 4.75. The lowest BCUT2D eigenvalue weighted by molar-refractivity contribution is 0.0992. The van der Waals surface area contributed by atoms with E-state index in [2.05, 4.69) is 0 Å². The number of alkyl halides is 2. The van der Waals surface area contributed by atoms with Crippen molar-refractivity contribution in [2.24, 2.45) is 0 Å². The van der Waals surface area contributed by atoms with Crippen LogP contribution in [0.5, 0.6) is 5.75 Å². The molecule has 94 valence electrons. The van der Waals surface area contributed by atoms with Crippen molar-refractivity contribution in [2.45, 2.75) is 17.5 Å². The second-order valence-corrected chi connectivity index (χ2v) is 5.01. The van der Waals surface area contributed by atoms with E-state index in [4.69, 9.17) is 4.74 Å². The van der Waals surface area contributed by atoms with E-state index in [1.165, 1.54) is 47.2 Å². The van der Waals surface area contributed by atoms with Gasteiger partial charge in [-0.05, 0) is 25.3 Å². The van der Waals surface area contributed by atoms with Crippen LogP contribution in [0.1, 0.15) is 22.8 Å². The molecule has 0 saturated carbocycles. The minimum atomic E-state index is -3.03. The van der Waals surface area contributed by atoms with Gasteiger partial charge in [0.2, 0.25) is 0 Å². The summed E-state index contributed by atoms with van der Waals surface area (Å²) >= 11 is 1.24. The highest BCUT2D eigenvalue weighted by atomic mass is 32.2. The maximum absolute atomic E-state index is 13.2. The molecule has 1 rings (SSSR count). The first kappa shape index (κ1) is 14.4. The summed E-state index contributed by atoms with van der Waals surface area (Å²) in [6.45, 7) is 1.39. The molecule has 6 heteroatoms. The fourth-order valence-corrected chi connectivity index (χ4v) is 2.31. The topological polar surface area (TPSA) is 26.3 Å². The molecule has 2 nitrogen and oxygen atoms in total. The van der Waals surface area contributed by atoms with Gasteiger partial charge in [0.05, 0.1) is 12.7 Å². The first-order valence-corrected chi connectivity index (χ1v) is 6.55. The summed E-state index contributed by atoms with van der Waals surface area (Å²) in [6, 6.07) is 2.51. The number of halogens is 2. The molecule has 17 heavy (non-hydrogen) atoms. The predicted molar refractivity (Wildman–Crippen MR) is 68.4 cm³/mol. The fraction of sp³-hybridized carbons (Fsp3) is 0.364. The molecule has 0 heterocycles. The van der Waals surface area contributed by atoms with Crippen LogP contribution in [-0.4, -0.2) is 19.1 Å². The molecule has 0 amide bonds. The maximum atomic E-state index is 13.2. The number of hydrogen-bond acceptors (Lipinski definition) is 3. The minimum Gasteiger partial charge on any atom is -0.496 e. The number of hydrogen-bond donors (Lipinski definition) is 0. The number of carbonyl (C=O) groups is 1. The van der Waals surface area contributed by atoms with Gasteiger partial charge in [0.25, 0.3) is 5.66 Å². The molecule has 0 aliphatic heterocycles. The third kappa shape index (κ3) is 3.17. The third-order valence-corrected chi connectivity index (χ3v) is 3.34. The Bertz CT molecular complexity index is 419. The summed E-state index contributed by atoms with van der Waals surface area (Å²) in [5.74, 6) is -0.0219. The molecule has 0 fully saturated rings. The summed E-state index contributed by atoms with van der Waals surface area (Å²) in [4.78, 5) is 12.0. The van der Waals surface area contributed by atoms with Crippen LogP contribution < -0.4 is 4.74 Å². The minimum absolute atomic E-state index is 0.182. The van der Waals surface area contributed by atoms with Crippen molar-refractivity contribution in [3.8, 4) is 5.75 Å². The highest BCUT2D eigenvalue weighted by molar-refractivity contribution is 7.98. The zero-order chi connectivity index (χ0) is 13.2. The molecule has 1 aromatic rings. The number of benzene rings is 1. The third-order valence-electron chi connectivity index (χ3n) is 2.24. The number of Topliss-reactive ketones (excluding diaryl/α,β-unsaturated/α-hetero) is 1. The van der Waals surface area contributed by atoms with Crippen molar-refractivity contribution in [3.05, 3.63) is 23.3 Å². The van der Waals surface area contributed by atoms with Gasteiger partial charge >= 0.3 is 0 Å². The Morgan fingerprint density at radius 3 is 2.41 bits per heavy atom. The summed E-state index contributed by atoms with van der Waals surface area (Å²) in [6.07, 6.45) is 1.73. The normalized spacial score (nSPS) is 11.4. The highest BCUT2D eigenvalue weighted by Gasteiger charge is 2.28. The van der Waals surface area contributed by atoms with E-state index in [9.17, 15) is 13.6 Å². The van der Waals surface area contributed by atoms with Crippen molar-refractivity contribution in [3.63, 3.8) is 0 Å². The van der Waals surface area contributed by atoms with E-state index in [0.717, 1.165) is 0 Å². The number of rotatable bonds is 4. The molecule has 0 saturated heterocycles. The van der Waals surface area contributed by atoms with Gasteiger partial charge < -0.3 is 4.74 Å². The summed E-state index contributed by atoms with van der Waals surface area (Å²) < 4.78 is 31.5. The van der Waals surface area contributed by atoms with Crippen molar-refractivity contribution in [2.75, 3.05) is 13.4 Å². The zero-order valence-corrected chi connectivity index (χ0v) is 11.7. The second-order valence-electron chi connectivity index (χ2n) is 3.43. The zero-order valence-electron chi connectivity index (χ0n) is 9.71. The lowest BCUT2D eigenvalue weighted by Crippen LogP contribution is -2.07. The van der Waals surface area contributed by atoms with E-state index in [1.807, 2.05) is 0 Å². The van der Waals surface area contributed by atoms with Crippen LogP contribution in [0.4, 0.5) is 8.78 Å². The molecule has 0 spiro atoms. The highest BCUT2D eigenvalue weighted by Crippen LogP contribution is 2.40. The van der Waals surface area contributed by atoms with E-state index in [-0.39, 0.29) is 17.1 Å². The summed E-state index contributed by atoms with van der Waals surface area (Å²) in [5.41, 5.74) is -2.88. The molecule has 0 bridgehead atoms. The fourth-order valence-electron chi connectivity index (χ4n) is 1.45. The molecule has 1 atom stereocenters. The van der Waals surface area contributed by atoms with Gasteiger partial charge in [-0.3, -0.25) is 4.79 Å². The second kappa shape index (κ2) is 5.32. The Hall–Kier alpha value is -0.670. The number of ketones is 1. The summed E-state index contributed by atoms with van der Waals surface area (Å²) in [5, 5.41) is 0. The van der Waals surface area contributed by atoms with Gasteiger partial charge in [0, 0.05) is 10.5 Å². The Kier molecular flexibility index (Phi) is 4.50. The maximum Gasteiger partial charge on any atom is 0.284 e. The van der Waals surface area contributed by atoms with Gasteiger partial charge in [-0.15, -0.1) is 11.8 Å². The van der Waals surface area contributed by atoms with Crippen LogP contribution in [0.2, 0.25) is 0 Å². The van der Waals surface area contributed by atoms with E-state index >= 15 is 0 Å². The van der Waals surface area contributed by atoms with Crippen LogP contribution in [0.25, 0.3) is 0 Å². The molecule has 1 aromatic carbocycles. The number of ether oxygens (including phenoxy) is 1. The lowest BCUT2D eigenvalue weighted by Gasteiger charge is -2.16. The monoisotopic (exact) mass is 278 g/mol. The van der Waals surface area contributed by atoms with Gasteiger partial charge in [-0.1, -0.05) is 9.24 Å². The number of methoxy groups -OCH3 is 1. The van der Waals surface area contributed by atoms with Gasteiger partial charge in [0.1, 0.15) is 5.75 Å². The van der Waals surface area contributed by atoms with Crippen LogP contribution in [0.15, 0.2) is 17.0 Å². The first-order chi connectivity index (χ1) is 7.81. The number of carbonyl (C=O) groups excluding carboxylic acids is 1. The summed E-state index contributed by atoms with van der Waals surface area (Å²) in [7, 11) is 2.83. The Labute approximate surface area is 105 Å². The standard InChI is InChI=1S/C11H13F2O2PS/c1-6(14)10-8(15-2)4-7(11(12,13)16)5-9(10)17-3/h4-5H,16H2,1-3H3. The quantitative estimate of drug-likeness (QED) is 0.478. The van der Waals surface area contributed by atoms with Gasteiger partial charge in [-0.2, -0.15) is 8.78 Å². The molecule has 0 N–H and O–H groups in total. The van der Waals surface area contributed by atoms with Crippen LogP contribution in [0.3, 0.4) is 0 Å². The van der Waals surface area contributed by atoms with Gasteiger partial charge in [0.15, 0.2) is 5.78 Å². The van der Waals surface area contributed by atoms with Crippen molar-refractivity contribution < 1.29 is 18.3 Å². The van der Waals surface area contributed by atoms with Gasteiger partial charge in [-0.25, -0.2) is 0 Å². The largest absolute Gasteiger partial charge is 0.496 e. The Morgan fingerprint density at radius 1 is 1.47 bits per heavy atom. The average Bonchev–Trinajstić information content (AvgIpc) is 2.25. The van der Waals surface area contributed by atoms with Crippen molar-refractivity contribution in [1.29, 1.82) is 0 Å². The average molecular weight is 278 g/mol.